The molecule has 0 fully saturated rings. The molecule has 3 aromatic rings. The molecular formula is C16H17N3O2. The third kappa shape index (κ3) is 2.63. The van der Waals surface area contributed by atoms with Crippen molar-refractivity contribution in [2.45, 2.75) is 6.54 Å². The minimum Gasteiger partial charge on any atom is -0.493 e. The molecule has 108 valence electrons. The lowest BCUT2D eigenvalue weighted by atomic mass is 10.2. The minimum absolute atomic E-state index is 0.693. The van der Waals surface area contributed by atoms with E-state index in [-0.39, 0.29) is 0 Å². The number of nitrogens with one attached hydrogen (secondary N) is 2. The predicted molar refractivity (Wildman–Crippen MR) is 83.0 cm³/mol. The molecule has 0 unspecified atom stereocenters. The van der Waals surface area contributed by atoms with Gasteiger partial charge in [-0.1, -0.05) is 18.2 Å². The Morgan fingerprint density at radius 1 is 1.10 bits per heavy atom. The van der Waals surface area contributed by atoms with E-state index in [9.17, 15) is 0 Å². The maximum Gasteiger partial charge on any atom is 0.161 e. The van der Waals surface area contributed by atoms with E-state index in [1.807, 2.05) is 42.6 Å². The number of H-pyrrole nitrogens is 1. The Balaban J connectivity index is 1.80. The Bertz CT molecular complexity index is 752. The first kappa shape index (κ1) is 13.3. The molecule has 5 nitrogen and oxygen atoms in total. The molecule has 0 amide bonds. The van der Waals surface area contributed by atoms with E-state index in [4.69, 9.17) is 9.47 Å². The smallest absolute Gasteiger partial charge is 0.161 e. The third-order valence-corrected chi connectivity index (χ3v) is 3.41. The first-order valence-corrected chi connectivity index (χ1v) is 6.68. The summed E-state index contributed by atoms with van der Waals surface area (Å²) < 4.78 is 10.6. The molecule has 2 aromatic carbocycles. The van der Waals surface area contributed by atoms with Gasteiger partial charge in [0.05, 0.1) is 31.6 Å². The summed E-state index contributed by atoms with van der Waals surface area (Å²) in [5, 5.41) is 11.6. The number of hydrogen-bond donors (Lipinski definition) is 2. The Hall–Kier alpha value is -2.69. The number of anilines is 1. The van der Waals surface area contributed by atoms with Crippen LogP contribution >= 0.6 is 0 Å². The topological polar surface area (TPSA) is 59.2 Å². The number of aromatic amines is 1. The Kier molecular flexibility index (Phi) is 3.64. The molecule has 0 aliphatic heterocycles. The van der Waals surface area contributed by atoms with Crippen LogP contribution in [0.1, 0.15) is 5.56 Å². The number of ether oxygens (including phenoxy) is 2. The summed E-state index contributed by atoms with van der Waals surface area (Å²) in [4.78, 5) is 0. The second-order valence-electron chi connectivity index (χ2n) is 4.68. The van der Waals surface area contributed by atoms with Crippen LogP contribution in [-0.2, 0) is 6.54 Å². The molecule has 0 spiro atoms. The molecule has 1 heterocycles. The maximum absolute atomic E-state index is 5.32. The van der Waals surface area contributed by atoms with Crippen molar-refractivity contribution in [3.63, 3.8) is 0 Å². The Labute approximate surface area is 122 Å². The highest BCUT2D eigenvalue weighted by Crippen LogP contribution is 2.28. The van der Waals surface area contributed by atoms with Crippen LogP contribution in [0, 0.1) is 0 Å². The van der Waals surface area contributed by atoms with Gasteiger partial charge >= 0.3 is 0 Å². The first-order chi connectivity index (χ1) is 10.3. The lowest BCUT2D eigenvalue weighted by Gasteiger charge is -2.11. The summed E-state index contributed by atoms with van der Waals surface area (Å²) in [6.07, 6.45) is 1.82. The zero-order valence-electron chi connectivity index (χ0n) is 12.0. The van der Waals surface area contributed by atoms with Crippen LogP contribution in [0.4, 0.5) is 5.69 Å². The highest BCUT2D eigenvalue weighted by Gasteiger charge is 2.06. The number of para-hydroxylation sites is 1. The molecule has 0 atom stereocenters. The number of fused-ring (bicyclic) bond motifs is 1. The summed E-state index contributed by atoms with van der Waals surface area (Å²) in [6, 6.07) is 12.0. The van der Waals surface area contributed by atoms with Crippen molar-refractivity contribution in [2.75, 3.05) is 19.5 Å². The minimum atomic E-state index is 0.693. The van der Waals surface area contributed by atoms with Crippen LogP contribution in [-0.4, -0.2) is 24.4 Å². The van der Waals surface area contributed by atoms with Crippen LogP contribution in [0.15, 0.2) is 42.6 Å². The van der Waals surface area contributed by atoms with Gasteiger partial charge in [0.1, 0.15) is 0 Å². The van der Waals surface area contributed by atoms with Crippen molar-refractivity contribution in [3.8, 4) is 11.5 Å². The van der Waals surface area contributed by atoms with Gasteiger partial charge in [-0.3, -0.25) is 5.10 Å². The summed E-state index contributed by atoms with van der Waals surface area (Å²) in [6.45, 7) is 0.693. The number of hydrogen-bond acceptors (Lipinski definition) is 4. The molecule has 0 radical (unpaired) electrons. The van der Waals surface area contributed by atoms with Crippen LogP contribution in [0.2, 0.25) is 0 Å². The molecule has 0 aliphatic rings. The molecule has 0 bridgehead atoms. The molecular weight excluding hydrogens is 266 g/mol. The van der Waals surface area contributed by atoms with Gasteiger partial charge in [-0.15, -0.1) is 0 Å². The van der Waals surface area contributed by atoms with E-state index in [0.717, 1.165) is 33.7 Å². The van der Waals surface area contributed by atoms with E-state index in [0.29, 0.717) is 6.54 Å². The summed E-state index contributed by atoms with van der Waals surface area (Å²) in [5.74, 6) is 1.47. The van der Waals surface area contributed by atoms with E-state index in [1.165, 1.54) is 0 Å². The van der Waals surface area contributed by atoms with Crippen LogP contribution < -0.4 is 14.8 Å². The van der Waals surface area contributed by atoms with Gasteiger partial charge in [-0.05, 0) is 23.8 Å². The molecule has 3 rings (SSSR count). The molecule has 0 saturated carbocycles. The van der Waals surface area contributed by atoms with Crippen molar-refractivity contribution in [2.24, 2.45) is 0 Å². The third-order valence-electron chi connectivity index (χ3n) is 3.41. The van der Waals surface area contributed by atoms with Crippen molar-refractivity contribution < 1.29 is 9.47 Å². The SMILES string of the molecule is COc1ccc(CNc2cccc3cn[nH]c23)cc1OC. The lowest BCUT2D eigenvalue weighted by molar-refractivity contribution is 0.354. The van der Waals surface area contributed by atoms with E-state index in [1.54, 1.807) is 14.2 Å². The summed E-state index contributed by atoms with van der Waals surface area (Å²) in [5.41, 5.74) is 3.15. The van der Waals surface area contributed by atoms with Gasteiger partial charge in [-0.25, -0.2) is 0 Å². The Morgan fingerprint density at radius 3 is 2.76 bits per heavy atom. The van der Waals surface area contributed by atoms with Gasteiger partial charge < -0.3 is 14.8 Å². The zero-order chi connectivity index (χ0) is 14.7. The van der Waals surface area contributed by atoms with Crippen molar-refractivity contribution in [1.29, 1.82) is 0 Å². The second-order valence-corrected chi connectivity index (χ2v) is 4.68. The number of nitrogens with zero attached hydrogens (tertiary/aromatic N) is 1. The maximum atomic E-state index is 5.32. The fraction of sp³-hybridized carbons (Fsp3) is 0.188. The quantitative estimate of drug-likeness (QED) is 0.755. The van der Waals surface area contributed by atoms with Crippen molar-refractivity contribution >= 4 is 16.6 Å². The lowest BCUT2D eigenvalue weighted by Crippen LogP contribution is -2.01. The fourth-order valence-electron chi connectivity index (χ4n) is 2.30. The van der Waals surface area contributed by atoms with Crippen LogP contribution in [0.25, 0.3) is 10.9 Å². The molecule has 5 heteroatoms. The molecule has 2 N–H and O–H groups in total. The van der Waals surface area contributed by atoms with Crippen LogP contribution in [0.5, 0.6) is 11.5 Å². The largest absolute Gasteiger partial charge is 0.493 e. The van der Waals surface area contributed by atoms with Crippen molar-refractivity contribution in [1.82, 2.24) is 10.2 Å². The fourth-order valence-corrected chi connectivity index (χ4v) is 2.30. The van der Waals surface area contributed by atoms with Gasteiger partial charge in [0.2, 0.25) is 0 Å². The van der Waals surface area contributed by atoms with Gasteiger partial charge in [-0.2, -0.15) is 5.10 Å². The highest BCUT2D eigenvalue weighted by molar-refractivity contribution is 5.89. The Morgan fingerprint density at radius 2 is 1.95 bits per heavy atom. The van der Waals surface area contributed by atoms with E-state index in [2.05, 4.69) is 15.5 Å². The van der Waals surface area contributed by atoms with Gasteiger partial charge in [0, 0.05) is 11.9 Å². The average Bonchev–Trinajstić information content (AvgIpc) is 3.01. The monoisotopic (exact) mass is 283 g/mol. The molecule has 0 aliphatic carbocycles. The average molecular weight is 283 g/mol. The standard InChI is InChI=1S/C16H17N3O2/c1-20-14-7-6-11(8-15(14)21-2)9-17-13-5-3-4-12-10-18-19-16(12)13/h3-8,10,17H,9H2,1-2H3,(H,18,19). The number of rotatable bonds is 5. The highest BCUT2D eigenvalue weighted by atomic mass is 16.5. The van der Waals surface area contributed by atoms with E-state index < -0.39 is 0 Å². The second kappa shape index (κ2) is 5.75. The predicted octanol–water partition coefficient (Wildman–Crippen LogP) is 3.19. The number of benzene rings is 2. The summed E-state index contributed by atoms with van der Waals surface area (Å²) >= 11 is 0. The van der Waals surface area contributed by atoms with Crippen LogP contribution in [0.3, 0.4) is 0 Å². The number of methoxy groups -OCH3 is 2. The molecule has 0 saturated heterocycles. The summed E-state index contributed by atoms with van der Waals surface area (Å²) in [7, 11) is 3.27. The molecule has 21 heavy (non-hydrogen) atoms. The normalized spacial score (nSPS) is 10.6. The number of aromatic nitrogens is 2. The zero-order valence-corrected chi connectivity index (χ0v) is 12.0. The van der Waals surface area contributed by atoms with Gasteiger partial charge in [0.15, 0.2) is 11.5 Å². The van der Waals surface area contributed by atoms with Crippen molar-refractivity contribution in [3.05, 3.63) is 48.2 Å². The van der Waals surface area contributed by atoms with Gasteiger partial charge in [0.25, 0.3) is 0 Å². The molecule has 1 aromatic heterocycles. The first-order valence-electron chi connectivity index (χ1n) is 6.68. The van der Waals surface area contributed by atoms with E-state index >= 15 is 0 Å².